The van der Waals surface area contributed by atoms with E-state index >= 15 is 0 Å². The van der Waals surface area contributed by atoms with Gasteiger partial charge in [-0.15, -0.1) is 0 Å². The highest BCUT2D eigenvalue weighted by molar-refractivity contribution is 5.07. The number of hydrogen-bond donors (Lipinski definition) is 1. The standard InChI is InChI=1S/C9H15F2N/c1-6-4-7(5-6)12-9(2-3-9)8(10)11/h6-8,12H,2-5H2,1H3. The maximum absolute atomic E-state index is 12.4. The molecule has 12 heavy (non-hydrogen) atoms. The Hall–Kier alpha value is -0.180. The zero-order valence-corrected chi connectivity index (χ0v) is 7.32. The van der Waals surface area contributed by atoms with Gasteiger partial charge in [-0.05, 0) is 31.6 Å². The summed E-state index contributed by atoms with van der Waals surface area (Å²) in [4.78, 5) is 0. The smallest absolute Gasteiger partial charge is 0.256 e. The molecular weight excluding hydrogens is 160 g/mol. The molecule has 70 valence electrons. The van der Waals surface area contributed by atoms with Crippen molar-refractivity contribution in [2.24, 2.45) is 5.92 Å². The number of nitrogens with one attached hydrogen (secondary N) is 1. The molecule has 0 aromatic carbocycles. The lowest BCUT2D eigenvalue weighted by Crippen LogP contribution is -2.50. The molecule has 3 heteroatoms. The summed E-state index contributed by atoms with van der Waals surface area (Å²) in [7, 11) is 0. The van der Waals surface area contributed by atoms with Crippen LogP contribution in [0.2, 0.25) is 0 Å². The quantitative estimate of drug-likeness (QED) is 0.693. The lowest BCUT2D eigenvalue weighted by atomic mass is 9.81. The molecule has 2 fully saturated rings. The summed E-state index contributed by atoms with van der Waals surface area (Å²) in [6.07, 6.45) is 1.31. The van der Waals surface area contributed by atoms with Crippen molar-refractivity contribution in [1.29, 1.82) is 0 Å². The van der Waals surface area contributed by atoms with E-state index in [4.69, 9.17) is 0 Å². The summed E-state index contributed by atoms with van der Waals surface area (Å²) in [5, 5.41) is 3.08. The van der Waals surface area contributed by atoms with Gasteiger partial charge < -0.3 is 5.32 Å². The van der Waals surface area contributed by atoms with Gasteiger partial charge in [0.05, 0.1) is 5.54 Å². The molecule has 0 spiro atoms. The SMILES string of the molecule is CC1CC(NC2(C(F)F)CC2)C1. The van der Waals surface area contributed by atoms with Gasteiger partial charge in [0, 0.05) is 6.04 Å². The first-order valence-corrected chi connectivity index (χ1v) is 4.68. The third-order valence-electron chi connectivity index (χ3n) is 3.07. The van der Waals surface area contributed by atoms with Gasteiger partial charge in [0.2, 0.25) is 0 Å². The first-order chi connectivity index (χ1) is 5.62. The second-order valence-electron chi connectivity index (χ2n) is 4.37. The van der Waals surface area contributed by atoms with Crippen LogP contribution in [0.4, 0.5) is 8.78 Å². The van der Waals surface area contributed by atoms with E-state index in [0.29, 0.717) is 18.9 Å². The second-order valence-corrected chi connectivity index (χ2v) is 4.37. The van der Waals surface area contributed by atoms with E-state index in [1.807, 2.05) is 0 Å². The van der Waals surface area contributed by atoms with Crippen molar-refractivity contribution in [3.63, 3.8) is 0 Å². The minimum absolute atomic E-state index is 0.372. The predicted molar refractivity (Wildman–Crippen MR) is 43.3 cm³/mol. The van der Waals surface area contributed by atoms with Crippen LogP contribution in [0.25, 0.3) is 0 Å². The molecule has 0 aromatic heterocycles. The molecule has 0 aliphatic heterocycles. The topological polar surface area (TPSA) is 12.0 Å². The van der Waals surface area contributed by atoms with Gasteiger partial charge in [0.1, 0.15) is 0 Å². The van der Waals surface area contributed by atoms with Gasteiger partial charge in [0.25, 0.3) is 6.43 Å². The van der Waals surface area contributed by atoms with E-state index in [9.17, 15) is 8.78 Å². The fourth-order valence-corrected chi connectivity index (χ4v) is 1.99. The molecule has 0 unspecified atom stereocenters. The van der Waals surface area contributed by atoms with Gasteiger partial charge in [-0.25, -0.2) is 8.78 Å². The maximum atomic E-state index is 12.4. The van der Waals surface area contributed by atoms with Gasteiger partial charge in [0.15, 0.2) is 0 Å². The molecule has 2 aliphatic carbocycles. The van der Waals surface area contributed by atoms with Crippen molar-refractivity contribution >= 4 is 0 Å². The van der Waals surface area contributed by atoms with Crippen molar-refractivity contribution in [3.8, 4) is 0 Å². The van der Waals surface area contributed by atoms with Crippen molar-refractivity contribution in [1.82, 2.24) is 5.32 Å². The summed E-state index contributed by atoms with van der Waals surface area (Å²) < 4.78 is 24.9. The number of rotatable bonds is 3. The molecule has 0 aromatic rings. The minimum Gasteiger partial charge on any atom is -0.304 e. The van der Waals surface area contributed by atoms with E-state index in [2.05, 4.69) is 12.2 Å². The molecule has 0 radical (unpaired) electrons. The normalized spacial score (nSPS) is 38.0. The van der Waals surface area contributed by atoms with Crippen LogP contribution in [-0.4, -0.2) is 18.0 Å². The van der Waals surface area contributed by atoms with Crippen molar-refractivity contribution in [2.75, 3.05) is 0 Å². The van der Waals surface area contributed by atoms with E-state index in [1.54, 1.807) is 0 Å². The summed E-state index contributed by atoms with van der Waals surface area (Å²) in [5.41, 5.74) is -0.773. The summed E-state index contributed by atoms with van der Waals surface area (Å²) in [6, 6.07) is 0.372. The molecule has 2 aliphatic rings. The molecule has 2 saturated carbocycles. The maximum Gasteiger partial charge on any atom is 0.256 e. The third kappa shape index (κ3) is 1.35. The molecule has 1 nitrogen and oxygen atoms in total. The summed E-state index contributed by atoms with van der Waals surface area (Å²) >= 11 is 0. The largest absolute Gasteiger partial charge is 0.304 e. The zero-order chi connectivity index (χ0) is 8.77. The number of alkyl halides is 2. The molecule has 2 rings (SSSR count). The highest BCUT2D eigenvalue weighted by atomic mass is 19.3. The minimum atomic E-state index is -2.17. The third-order valence-corrected chi connectivity index (χ3v) is 3.07. The van der Waals surface area contributed by atoms with Gasteiger partial charge in [-0.3, -0.25) is 0 Å². The fourth-order valence-electron chi connectivity index (χ4n) is 1.99. The Morgan fingerprint density at radius 1 is 1.33 bits per heavy atom. The van der Waals surface area contributed by atoms with E-state index in [-0.39, 0.29) is 0 Å². The van der Waals surface area contributed by atoms with E-state index < -0.39 is 12.0 Å². The summed E-state index contributed by atoms with van der Waals surface area (Å²) in [5.74, 6) is 0.732. The highest BCUT2D eigenvalue weighted by Gasteiger charge is 2.52. The summed E-state index contributed by atoms with van der Waals surface area (Å²) in [6.45, 7) is 2.17. The Bertz CT molecular complexity index is 171. The Labute approximate surface area is 71.5 Å². The molecule has 0 atom stereocenters. The fraction of sp³-hybridized carbons (Fsp3) is 1.00. The van der Waals surface area contributed by atoms with Crippen LogP contribution in [-0.2, 0) is 0 Å². The predicted octanol–water partition coefficient (Wildman–Crippen LogP) is 2.17. The van der Waals surface area contributed by atoms with E-state index in [0.717, 1.165) is 18.8 Å². The lowest BCUT2D eigenvalue weighted by molar-refractivity contribution is 0.0641. The van der Waals surface area contributed by atoms with Crippen LogP contribution in [0.5, 0.6) is 0 Å². The van der Waals surface area contributed by atoms with Crippen LogP contribution in [0.1, 0.15) is 32.6 Å². The molecule has 0 saturated heterocycles. The number of halogens is 2. The van der Waals surface area contributed by atoms with E-state index in [1.165, 1.54) is 0 Å². The zero-order valence-electron chi connectivity index (χ0n) is 7.32. The van der Waals surface area contributed by atoms with Crippen molar-refractivity contribution in [3.05, 3.63) is 0 Å². The van der Waals surface area contributed by atoms with Crippen LogP contribution in [0.15, 0.2) is 0 Å². The Kier molecular flexibility index (Phi) is 1.86. The van der Waals surface area contributed by atoms with Crippen LogP contribution < -0.4 is 5.32 Å². The van der Waals surface area contributed by atoms with Gasteiger partial charge in [-0.2, -0.15) is 0 Å². The lowest BCUT2D eigenvalue weighted by Gasteiger charge is -2.36. The highest BCUT2D eigenvalue weighted by Crippen LogP contribution is 2.43. The van der Waals surface area contributed by atoms with Crippen molar-refractivity contribution in [2.45, 2.75) is 50.6 Å². The molecule has 0 bridgehead atoms. The Morgan fingerprint density at radius 2 is 1.92 bits per heavy atom. The van der Waals surface area contributed by atoms with Crippen LogP contribution >= 0.6 is 0 Å². The Morgan fingerprint density at radius 3 is 2.25 bits per heavy atom. The number of hydrogen-bond acceptors (Lipinski definition) is 1. The Balaban J connectivity index is 1.79. The van der Waals surface area contributed by atoms with Gasteiger partial charge in [-0.1, -0.05) is 6.92 Å². The second kappa shape index (κ2) is 2.66. The monoisotopic (exact) mass is 175 g/mol. The molecular formula is C9H15F2N. The first-order valence-electron chi connectivity index (χ1n) is 4.68. The van der Waals surface area contributed by atoms with Crippen LogP contribution in [0.3, 0.4) is 0 Å². The van der Waals surface area contributed by atoms with Crippen molar-refractivity contribution < 1.29 is 8.78 Å². The molecule has 0 heterocycles. The molecule has 1 N–H and O–H groups in total. The first kappa shape index (κ1) is 8.42. The molecule has 0 amide bonds. The van der Waals surface area contributed by atoms with Gasteiger partial charge >= 0.3 is 0 Å². The average Bonchev–Trinajstić information content (AvgIpc) is 2.66. The average molecular weight is 175 g/mol. The van der Waals surface area contributed by atoms with Crippen LogP contribution in [0, 0.1) is 5.92 Å².